The van der Waals surface area contributed by atoms with Crippen molar-refractivity contribution in [2.45, 2.75) is 20.8 Å². The van der Waals surface area contributed by atoms with Crippen LogP contribution in [0.15, 0.2) is 24.5 Å². The zero-order valence-corrected chi connectivity index (χ0v) is 15.2. The predicted molar refractivity (Wildman–Crippen MR) is 100 cm³/mol. The minimum atomic E-state index is -0.269. The highest BCUT2D eigenvalue weighted by atomic mass is 19.1. The van der Waals surface area contributed by atoms with Crippen LogP contribution in [0.1, 0.15) is 17.1 Å². The predicted octanol–water partition coefficient (Wildman–Crippen LogP) is 2.81. The summed E-state index contributed by atoms with van der Waals surface area (Å²) in [6.07, 6.45) is 1.54. The fraction of sp³-hybridized carbons (Fsp3) is 0.368. The highest BCUT2D eigenvalue weighted by Crippen LogP contribution is 2.26. The minimum Gasteiger partial charge on any atom is -0.353 e. The average Bonchev–Trinajstić information content (AvgIpc) is 2.64. The van der Waals surface area contributed by atoms with Crippen LogP contribution in [0, 0.1) is 26.6 Å². The number of nitrogens with zero attached hydrogens (tertiary/aromatic N) is 6. The number of rotatable bonds is 2. The lowest BCUT2D eigenvalue weighted by atomic mass is 10.2. The van der Waals surface area contributed by atoms with E-state index in [0.717, 1.165) is 65.8 Å². The molecule has 0 radical (unpaired) electrons. The highest BCUT2D eigenvalue weighted by Gasteiger charge is 2.23. The number of hydrogen-bond acceptors (Lipinski definition) is 6. The number of fused-ring (bicyclic) bond motifs is 1. The Kier molecular flexibility index (Phi) is 4.14. The Morgan fingerprint density at radius 3 is 2.31 bits per heavy atom. The maximum Gasteiger partial charge on any atom is 0.140 e. The van der Waals surface area contributed by atoms with E-state index < -0.39 is 0 Å². The summed E-state index contributed by atoms with van der Waals surface area (Å²) in [5, 5.41) is 0.755. The van der Waals surface area contributed by atoms with Crippen LogP contribution in [0.4, 0.5) is 16.0 Å². The molecule has 6 nitrogen and oxygen atoms in total. The molecule has 7 heteroatoms. The van der Waals surface area contributed by atoms with Gasteiger partial charge in [0.1, 0.15) is 29.6 Å². The van der Waals surface area contributed by atoms with Gasteiger partial charge in [0.2, 0.25) is 0 Å². The Bertz CT molecular complexity index is 966. The van der Waals surface area contributed by atoms with Crippen molar-refractivity contribution in [2.75, 3.05) is 36.0 Å². The third kappa shape index (κ3) is 2.94. The van der Waals surface area contributed by atoms with Crippen molar-refractivity contribution < 1.29 is 4.39 Å². The van der Waals surface area contributed by atoms with Crippen LogP contribution in [-0.4, -0.2) is 46.1 Å². The second-order valence-electron chi connectivity index (χ2n) is 6.64. The summed E-state index contributed by atoms with van der Waals surface area (Å²) in [6, 6.07) is 4.64. The molecule has 0 unspecified atom stereocenters. The molecule has 26 heavy (non-hydrogen) atoms. The molecule has 1 aliphatic rings. The van der Waals surface area contributed by atoms with Crippen LogP contribution in [0.5, 0.6) is 0 Å². The van der Waals surface area contributed by atoms with Crippen molar-refractivity contribution in [1.82, 2.24) is 19.9 Å². The van der Waals surface area contributed by atoms with Gasteiger partial charge in [0.05, 0.1) is 5.52 Å². The molecular weight excluding hydrogens is 331 g/mol. The molecule has 0 spiro atoms. The third-order valence-electron chi connectivity index (χ3n) is 4.93. The topological polar surface area (TPSA) is 58.0 Å². The van der Waals surface area contributed by atoms with E-state index in [0.29, 0.717) is 0 Å². The van der Waals surface area contributed by atoms with Gasteiger partial charge >= 0.3 is 0 Å². The van der Waals surface area contributed by atoms with Crippen LogP contribution in [0.25, 0.3) is 10.9 Å². The second kappa shape index (κ2) is 6.48. The van der Waals surface area contributed by atoms with Crippen LogP contribution in [0.3, 0.4) is 0 Å². The van der Waals surface area contributed by atoms with Gasteiger partial charge in [0.25, 0.3) is 0 Å². The zero-order chi connectivity index (χ0) is 18.3. The van der Waals surface area contributed by atoms with E-state index in [4.69, 9.17) is 0 Å². The average molecular weight is 352 g/mol. The normalized spacial score (nSPS) is 14.9. The number of hydrogen-bond donors (Lipinski definition) is 0. The molecule has 4 rings (SSSR count). The number of halogens is 1. The standard InChI is InChI=1S/C19H21FN6/c1-12-13(2)23-14(3)24-18(12)25-6-8-26(9-7-25)19-16-10-15(20)4-5-17(16)21-11-22-19/h4-5,10-11H,6-9H2,1-3H3. The Morgan fingerprint density at radius 2 is 1.58 bits per heavy atom. The number of aromatic nitrogens is 4. The van der Waals surface area contributed by atoms with Crippen molar-refractivity contribution in [2.24, 2.45) is 0 Å². The van der Waals surface area contributed by atoms with E-state index in [9.17, 15) is 4.39 Å². The van der Waals surface area contributed by atoms with Gasteiger partial charge in [-0.25, -0.2) is 24.3 Å². The lowest BCUT2D eigenvalue weighted by Crippen LogP contribution is -2.47. The quantitative estimate of drug-likeness (QED) is 0.707. The summed E-state index contributed by atoms with van der Waals surface area (Å²) >= 11 is 0. The van der Waals surface area contributed by atoms with Gasteiger partial charge in [-0.1, -0.05) is 0 Å². The number of anilines is 2. The SMILES string of the molecule is Cc1nc(C)c(C)c(N2CCN(c3ncnc4ccc(F)cc34)CC2)n1. The maximum atomic E-state index is 13.7. The molecule has 0 amide bonds. The van der Waals surface area contributed by atoms with E-state index in [-0.39, 0.29) is 5.82 Å². The number of benzene rings is 1. The molecule has 1 fully saturated rings. The van der Waals surface area contributed by atoms with Crippen molar-refractivity contribution >= 4 is 22.5 Å². The molecule has 0 bridgehead atoms. The molecule has 1 saturated heterocycles. The Labute approximate surface area is 151 Å². The molecule has 0 N–H and O–H groups in total. The Morgan fingerprint density at radius 1 is 0.885 bits per heavy atom. The minimum absolute atomic E-state index is 0.269. The van der Waals surface area contributed by atoms with Gasteiger partial charge in [0, 0.05) is 42.8 Å². The first-order valence-electron chi connectivity index (χ1n) is 8.75. The molecular formula is C19H21FN6. The van der Waals surface area contributed by atoms with Crippen LogP contribution in [-0.2, 0) is 0 Å². The van der Waals surface area contributed by atoms with Gasteiger partial charge in [-0.3, -0.25) is 0 Å². The van der Waals surface area contributed by atoms with E-state index in [1.807, 2.05) is 13.8 Å². The monoisotopic (exact) mass is 352 g/mol. The maximum absolute atomic E-state index is 13.7. The van der Waals surface area contributed by atoms with Gasteiger partial charge in [-0.05, 0) is 39.0 Å². The largest absolute Gasteiger partial charge is 0.353 e. The molecule has 0 saturated carbocycles. The Hall–Kier alpha value is -2.83. The molecule has 134 valence electrons. The summed E-state index contributed by atoms with van der Waals surface area (Å²) in [6.45, 7) is 9.26. The van der Waals surface area contributed by atoms with Crippen LogP contribution >= 0.6 is 0 Å². The molecule has 2 aromatic heterocycles. The molecule has 0 atom stereocenters. The van der Waals surface area contributed by atoms with E-state index in [1.54, 1.807) is 12.4 Å². The zero-order valence-electron chi connectivity index (χ0n) is 15.2. The van der Waals surface area contributed by atoms with Crippen molar-refractivity contribution in [3.63, 3.8) is 0 Å². The summed E-state index contributed by atoms with van der Waals surface area (Å²) < 4.78 is 13.7. The van der Waals surface area contributed by atoms with Crippen molar-refractivity contribution in [1.29, 1.82) is 0 Å². The van der Waals surface area contributed by atoms with Gasteiger partial charge < -0.3 is 9.80 Å². The third-order valence-corrected chi connectivity index (χ3v) is 4.93. The molecule has 1 aliphatic heterocycles. The van der Waals surface area contributed by atoms with Crippen LogP contribution < -0.4 is 9.80 Å². The van der Waals surface area contributed by atoms with Gasteiger partial charge in [0.15, 0.2) is 0 Å². The van der Waals surface area contributed by atoms with Gasteiger partial charge in [-0.2, -0.15) is 0 Å². The van der Waals surface area contributed by atoms with E-state index in [2.05, 4.69) is 36.7 Å². The first-order chi connectivity index (χ1) is 12.5. The molecule has 1 aromatic carbocycles. The van der Waals surface area contributed by atoms with Crippen molar-refractivity contribution in [3.05, 3.63) is 47.4 Å². The smallest absolute Gasteiger partial charge is 0.140 e. The molecule has 3 aromatic rings. The second-order valence-corrected chi connectivity index (χ2v) is 6.64. The summed E-state index contributed by atoms with van der Waals surface area (Å²) in [5.74, 6) is 2.33. The van der Waals surface area contributed by atoms with Crippen molar-refractivity contribution in [3.8, 4) is 0 Å². The van der Waals surface area contributed by atoms with Crippen LogP contribution in [0.2, 0.25) is 0 Å². The first kappa shape index (κ1) is 16.6. The highest BCUT2D eigenvalue weighted by molar-refractivity contribution is 5.89. The number of aryl methyl sites for hydroxylation is 2. The van der Waals surface area contributed by atoms with E-state index >= 15 is 0 Å². The lowest BCUT2D eigenvalue weighted by molar-refractivity contribution is 0.628. The van der Waals surface area contributed by atoms with E-state index in [1.165, 1.54) is 12.1 Å². The Balaban J connectivity index is 1.59. The fourth-order valence-corrected chi connectivity index (χ4v) is 3.46. The molecule has 0 aliphatic carbocycles. The first-order valence-corrected chi connectivity index (χ1v) is 8.75. The van der Waals surface area contributed by atoms with Gasteiger partial charge in [-0.15, -0.1) is 0 Å². The summed E-state index contributed by atoms with van der Waals surface area (Å²) in [7, 11) is 0. The fourth-order valence-electron chi connectivity index (χ4n) is 3.46. The summed E-state index contributed by atoms with van der Waals surface area (Å²) in [4.78, 5) is 22.2. The number of piperazine rings is 1. The summed E-state index contributed by atoms with van der Waals surface area (Å²) in [5.41, 5.74) is 2.91. The molecule has 3 heterocycles. The lowest BCUT2D eigenvalue weighted by Gasteiger charge is -2.37.